The minimum absolute atomic E-state index is 0.564. The first kappa shape index (κ1) is 11.2. The van der Waals surface area contributed by atoms with Crippen molar-refractivity contribution in [3.05, 3.63) is 12.2 Å². The Bertz CT molecular complexity index is 268. The highest BCUT2D eigenvalue weighted by atomic mass is 19.3. The molecule has 0 aromatic heterocycles. The van der Waals surface area contributed by atoms with E-state index < -0.39 is 30.3 Å². The maximum Gasteiger partial charge on any atom is 0.327 e. The fourth-order valence-corrected chi connectivity index (χ4v) is 1.33. The van der Waals surface area contributed by atoms with Gasteiger partial charge in [0.25, 0.3) is 5.91 Å². The number of amides is 1. The van der Waals surface area contributed by atoms with Gasteiger partial charge in [0.15, 0.2) is 0 Å². The molecule has 14 heavy (non-hydrogen) atoms. The summed E-state index contributed by atoms with van der Waals surface area (Å²) >= 11 is 0. The predicted molar refractivity (Wildman–Crippen MR) is 47.0 cm³/mol. The fourth-order valence-electron chi connectivity index (χ4n) is 1.33. The normalized spacial score (nSPS) is 28.7. The van der Waals surface area contributed by atoms with Crippen molar-refractivity contribution in [2.45, 2.75) is 24.4 Å². The lowest BCUT2D eigenvalue weighted by molar-refractivity contribution is -0.146. The molecule has 1 aliphatic rings. The van der Waals surface area contributed by atoms with Crippen LogP contribution in [-0.2, 0) is 4.79 Å². The van der Waals surface area contributed by atoms with E-state index >= 15 is 0 Å². The Morgan fingerprint density at radius 1 is 1.79 bits per heavy atom. The molecule has 0 saturated carbocycles. The summed E-state index contributed by atoms with van der Waals surface area (Å²) in [5.41, 5.74) is 0. The number of carbonyl (C=O) groups is 1. The predicted octanol–water partition coefficient (Wildman–Crippen LogP) is -0.105. The van der Waals surface area contributed by atoms with E-state index in [2.05, 4.69) is 0 Å². The van der Waals surface area contributed by atoms with Crippen LogP contribution >= 0.6 is 0 Å². The van der Waals surface area contributed by atoms with E-state index in [1.807, 2.05) is 0 Å². The summed E-state index contributed by atoms with van der Waals surface area (Å²) < 4.78 is 25.7. The molecule has 6 heteroatoms. The average molecular weight is 201 g/mol. The minimum atomic E-state index is -3.30. The van der Waals surface area contributed by atoms with Gasteiger partial charge >= 0.3 is 5.92 Å². The largest absolute Gasteiger partial charge is 0.399 e. The summed E-state index contributed by atoms with van der Waals surface area (Å²) in [6.07, 6.45) is 1.92. The van der Waals surface area contributed by atoms with Crippen LogP contribution in [0.3, 0.4) is 0 Å². The Morgan fingerprint density at radius 2 is 2.36 bits per heavy atom. The van der Waals surface area contributed by atoms with Gasteiger partial charge in [0, 0.05) is 19.5 Å². The zero-order valence-electron chi connectivity index (χ0n) is 7.65. The van der Waals surface area contributed by atoms with Crippen LogP contribution in [0.15, 0.2) is 12.2 Å². The number of rotatable bonds is 2. The Labute approximate surface area is 81.8 Å². The number of halogens is 2. The van der Waals surface area contributed by atoms with Crippen LogP contribution in [0.2, 0.25) is 0 Å². The van der Waals surface area contributed by atoms with Crippen LogP contribution in [0.25, 0.3) is 0 Å². The van der Waals surface area contributed by atoms with E-state index in [1.54, 1.807) is 0 Å². The second-order valence-corrected chi connectivity index (χ2v) is 3.27. The molecule has 0 aromatic carbocycles. The maximum absolute atomic E-state index is 12.8. The molecule has 1 aliphatic heterocycles. The first-order valence-corrected chi connectivity index (χ1v) is 4.11. The van der Waals surface area contributed by atoms with E-state index in [1.165, 1.54) is 19.2 Å². The highest BCUT2D eigenvalue weighted by Crippen LogP contribution is 2.32. The van der Waals surface area contributed by atoms with E-state index in [0.29, 0.717) is 0 Å². The Hall–Kier alpha value is -0.905. The lowest BCUT2D eigenvalue weighted by atomic mass is 9.99. The van der Waals surface area contributed by atoms with Gasteiger partial charge in [-0.2, -0.15) is 8.78 Å². The fraction of sp³-hybridized carbons (Fsp3) is 0.625. The molecular formula is C8H10BF2NO2. The van der Waals surface area contributed by atoms with Crippen LogP contribution in [0, 0.1) is 0 Å². The lowest BCUT2D eigenvalue weighted by Crippen LogP contribution is -2.32. The van der Waals surface area contributed by atoms with Crippen LogP contribution in [-0.4, -0.2) is 48.8 Å². The van der Waals surface area contributed by atoms with E-state index in [4.69, 9.17) is 13.0 Å². The summed E-state index contributed by atoms with van der Waals surface area (Å²) in [5.74, 6) is -4.50. The quantitative estimate of drug-likeness (QED) is 0.500. The molecule has 1 saturated heterocycles. The van der Waals surface area contributed by atoms with Gasteiger partial charge in [-0.15, -0.1) is 0 Å². The summed E-state index contributed by atoms with van der Waals surface area (Å²) in [7, 11) is 6.29. The molecule has 1 unspecified atom stereocenters. The molecule has 0 aromatic rings. The third kappa shape index (κ3) is 2.12. The number of hydrogen-bond acceptors (Lipinski definition) is 2. The maximum atomic E-state index is 12.8. The standard InChI is InChI=1S/C8H10BF2NO2/c1-12-5(2-3-6(9)13)4-8(10,11)7(12)14/h2-3,5-6,13H,4H2,1H3/b3-2+/t5-,6?/m0/s1. The SMILES string of the molecule is [B]C(O)/C=C/[C@H]1CC(F)(F)C(=O)N1C. The van der Waals surface area contributed by atoms with Gasteiger partial charge in [-0.1, -0.05) is 12.2 Å². The van der Waals surface area contributed by atoms with Crippen LogP contribution in [0.1, 0.15) is 6.42 Å². The van der Waals surface area contributed by atoms with Crippen molar-refractivity contribution >= 4 is 13.8 Å². The molecule has 1 heterocycles. The first-order valence-electron chi connectivity index (χ1n) is 4.11. The zero-order chi connectivity index (χ0) is 10.9. The van der Waals surface area contributed by atoms with Gasteiger partial charge in [-0.3, -0.25) is 4.79 Å². The molecule has 1 N–H and O–H groups in total. The molecule has 3 nitrogen and oxygen atoms in total. The summed E-state index contributed by atoms with van der Waals surface area (Å²) in [4.78, 5) is 11.9. The summed E-state index contributed by atoms with van der Waals surface area (Å²) in [6, 6.07) is -1.89. The number of carbonyl (C=O) groups excluding carboxylic acids is 1. The number of hydrogen-bond donors (Lipinski definition) is 1. The molecule has 1 fully saturated rings. The molecule has 0 bridgehead atoms. The second-order valence-electron chi connectivity index (χ2n) is 3.27. The topological polar surface area (TPSA) is 40.5 Å². The van der Waals surface area contributed by atoms with Crippen LogP contribution < -0.4 is 0 Å². The van der Waals surface area contributed by atoms with Crippen molar-refractivity contribution in [1.29, 1.82) is 0 Å². The lowest BCUT2D eigenvalue weighted by Gasteiger charge is -2.14. The van der Waals surface area contributed by atoms with Crippen molar-refractivity contribution in [2.24, 2.45) is 0 Å². The number of likely N-dealkylation sites (tertiary alicyclic amines) is 1. The van der Waals surface area contributed by atoms with E-state index in [-0.39, 0.29) is 0 Å². The monoisotopic (exact) mass is 201 g/mol. The van der Waals surface area contributed by atoms with Gasteiger partial charge in [0.05, 0.1) is 6.04 Å². The van der Waals surface area contributed by atoms with Crippen molar-refractivity contribution in [3.8, 4) is 0 Å². The zero-order valence-corrected chi connectivity index (χ0v) is 7.65. The number of nitrogens with zero attached hydrogens (tertiary/aromatic N) is 1. The number of aliphatic hydroxyl groups excluding tert-OH is 1. The molecule has 1 amide bonds. The van der Waals surface area contributed by atoms with Crippen molar-refractivity contribution in [2.75, 3.05) is 7.05 Å². The Morgan fingerprint density at radius 3 is 2.71 bits per heavy atom. The Balaban J connectivity index is 2.71. The number of alkyl halides is 2. The van der Waals surface area contributed by atoms with Crippen molar-refractivity contribution < 1.29 is 18.7 Å². The van der Waals surface area contributed by atoms with E-state index in [9.17, 15) is 13.6 Å². The molecule has 0 spiro atoms. The molecule has 2 radical (unpaired) electrons. The van der Waals surface area contributed by atoms with Crippen LogP contribution in [0.5, 0.6) is 0 Å². The number of likely N-dealkylation sites (N-methyl/N-ethyl adjacent to an activating group) is 1. The molecule has 0 aliphatic carbocycles. The summed E-state index contributed by atoms with van der Waals surface area (Å²) in [5, 5.41) is 8.69. The third-order valence-electron chi connectivity index (χ3n) is 2.13. The van der Waals surface area contributed by atoms with Crippen LogP contribution in [0.4, 0.5) is 8.78 Å². The highest BCUT2D eigenvalue weighted by molar-refractivity contribution is 6.12. The van der Waals surface area contributed by atoms with Gasteiger partial charge in [0.1, 0.15) is 7.85 Å². The van der Waals surface area contributed by atoms with Gasteiger partial charge in [-0.05, 0) is 0 Å². The summed E-state index contributed by atoms with van der Waals surface area (Å²) in [6.45, 7) is 0. The van der Waals surface area contributed by atoms with E-state index in [0.717, 1.165) is 4.90 Å². The van der Waals surface area contributed by atoms with Gasteiger partial charge in [-0.25, -0.2) is 0 Å². The average Bonchev–Trinajstić information content (AvgIpc) is 2.26. The molecule has 1 rings (SSSR count). The molecule has 76 valence electrons. The first-order chi connectivity index (χ1) is 6.34. The second kappa shape index (κ2) is 3.69. The third-order valence-corrected chi connectivity index (χ3v) is 2.13. The number of aliphatic hydroxyl groups is 1. The van der Waals surface area contributed by atoms with Crippen molar-refractivity contribution in [1.82, 2.24) is 4.90 Å². The van der Waals surface area contributed by atoms with Crippen molar-refractivity contribution in [3.63, 3.8) is 0 Å². The van der Waals surface area contributed by atoms with Gasteiger partial charge < -0.3 is 10.0 Å². The molecular weight excluding hydrogens is 191 g/mol. The highest BCUT2D eigenvalue weighted by Gasteiger charge is 2.50. The molecule has 2 atom stereocenters. The Kier molecular flexibility index (Phi) is 2.94. The van der Waals surface area contributed by atoms with Gasteiger partial charge in [0.2, 0.25) is 0 Å². The minimum Gasteiger partial charge on any atom is -0.399 e. The smallest absolute Gasteiger partial charge is 0.327 e.